The van der Waals surface area contributed by atoms with Crippen LogP contribution in [0.3, 0.4) is 0 Å². The molecule has 2 nitrogen and oxygen atoms in total. The summed E-state index contributed by atoms with van der Waals surface area (Å²) in [6.07, 6.45) is 9.16. The van der Waals surface area contributed by atoms with Gasteiger partial charge >= 0.3 is 218 Å². The topological polar surface area (TPSA) is 40.5 Å². The van der Waals surface area contributed by atoms with Gasteiger partial charge in [0.2, 0.25) is 0 Å². The van der Waals surface area contributed by atoms with Crippen molar-refractivity contribution in [2.75, 3.05) is 6.16 Å². The summed E-state index contributed by atoms with van der Waals surface area (Å²) in [6, 6.07) is 32.9. The molecule has 3 aromatic carbocycles. The van der Waals surface area contributed by atoms with Gasteiger partial charge in [-0.2, -0.15) is 0 Å². The molecule has 0 amide bonds. The fourth-order valence-corrected chi connectivity index (χ4v) is 10.6. The first-order valence-corrected chi connectivity index (χ1v) is 15.3. The van der Waals surface area contributed by atoms with Gasteiger partial charge in [0, 0.05) is 0 Å². The van der Waals surface area contributed by atoms with E-state index in [1.807, 2.05) is 20.8 Å². The summed E-state index contributed by atoms with van der Waals surface area (Å²) in [5.74, 6) is -0.0248. The van der Waals surface area contributed by atoms with Crippen molar-refractivity contribution in [3.8, 4) is 0 Å². The Kier molecular flexibility index (Phi) is 8.00. The van der Waals surface area contributed by atoms with Gasteiger partial charge in [-0.05, 0) is 0 Å². The number of aliphatic hydroxyl groups is 2. The molecule has 3 heteroatoms. The van der Waals surface area contributed by atoms with E-state index < -0.39 is 18.5 Å². The first-order chi connectivity index (χ1) is 17.1. The molecule has 0 spiro atoms. The van der Waals surface area contributed by atoms with E-state index in [-0.39, 0.29) is 11.8 Å². The Morgan fingerprint density at radius 2 is 1.33 bits per heavy atom. The van der Waals surface area contributed by atoms with Crippen LogP contribution in [0.2, 0.25) is 0 Å². The molecule has 0 heterocycles. The Labute approximate surface area is 217 Å². The molecule has 2 N–H and O–H groups in total. The zero-order chi connectivity index (χ0) is 25.8. The second-order valence-corrected chi connectivity index (χ2v) is 15.1. The average molecular weight is 501 g/mol. The third kappa shape index (κ3) is 5.57. The molecule has 0 saturated heterocycles. The molecule has 0 radical (unpaired) electrons. The van der Waals surface area contributed by atoms with Crippen LogP contribution in [0.15, 0.2) is 115 Å². The molecule has 0 aromatic heterocycles. The minimum absolute atomic E-state index is 0.0444. The van der Waals surface area contributed by atoms with E-state index in [1.54, 1.807) is 0 Å². The summed E-state index contributed by atoms with van der Waals surface area (Å²) in [5.41, 5.74) is -0.423. The summed E-state index contributed by atoms with van der Waals surface area (Å²) in [4.78, 5) is 0. The molecule has 1 saturated carbocycles. The summed E-state index contributed by atoms with van der Waals surface area (Å²) >= 11 is 0. The summed E-state index contributed by atoms with van der Waals surface area (Å²) in [7, 11) is -2.32. The van der Waals surface area contributed by atoms with Crippen molar-refractivity contribution in [2.24, 2.45) is 11.8 Å². The Morgan fingerprint density at radius 3 is 1.75 bits per heavy atom. The number of hydrogen-bond donors (Lipinski definition) is 2. The van der Waals surface area contributed by atoms with E-state index in [9.17, 15) is 10.2 Å². The molecule has 3 aromatic rings. The van der Waals surface area contributed by atoms with Crippen molar-refractivity contribution >= 4 is 23.2 Å². The molecule has 190 valence electrons. The van der Waals surface area contributed by atoms with Gasteiger partial charge in [0.05, 0.1) is 0 Å². The van der Waals surface area contributed by atoms with Crippen LogP contribution < -0.4 is 15.9 Å². The average Bonchev–Trinajstić information content (AvgIpc) is 3.19. The van der Waals surface area contributed by atoms with Crippen molar-refractivity contribution in [3.63, 3.8) is 0 Å². The Balaban J connectivity index is 1.74. The zero-order valence-corrected chi connectivity index (χ0v) is 23.1. The number of rotatable bonds is 8. The molecule has 3 unspecified atom stereocenters. The predicted molar refractivity (Wildman–Crippen MR) is 157 cm³/mol. The molecule has 36 heavy (non-hydrogen) atoms. The van der Waals surface area contributed by atoms with Crippen LogP contribution in [0, 0.1) is 11.8 Å². The van der Waals surface area contributed by atoms with E-state index in [2.05, 4.69) is 116 Å². The summed E-state index contributed by atoms with van der Waals surface area (Å²) in [5, 5.41) is 25.9. The maximum absolute atomic E-state index is 11.0. The first-order valence-electron chi connectivity index (χ1n) is 13.1. The van der Waals surface area contributed by atoms with Gasteiger partial charge in [0.25, 0.3) is 0 Å². The third-order valence-corrected chi connectivity index (χ3v) is 12.9. The van der Waals surface area contributed by atoms with E-state index in [0.717, 1.165) is 12.6 Å². The van der Waals surface area contributed by atoms with Crippen LogP contribution in [-0.2, 0) is 0 Å². The predicted octanol–water partition coefficient (Wildman–Crippen LogP) is 5.76. The molecular formula is C33H41O2P. The molecule has 0 aliphatic heterocycles. The number of allylic oxidation sites excluding steroid dienone is 3. The van der Waals surface area contributed by atoms with Crippen molar-refractivity contribution in [2.45, 2.75) is 51.7 Å². The fraction of sp³-hybridized carbons (Fsp3) is 0.333. The molecule has 0 bridgehead atoms. The molecule has 4 rings (SSSR count). The Hall–Kier alpha value is -2.51. The van der Waals surface area contributed by atoms with Crippen molar-refractivity contribution in [1.82, 2.24) is 0 Å². The second-order valence-electron chi connectivity index (χ2n) is 11.2. The standard InChI is InChI=1S/C33H41O2P/c1-26(20-21-31-30(32(2,3)34)22-24-33(31,4)35)23-25-36(27-14-8-5-9-15-27,28-16-10-6-11-17-28)29-18-12-7-13-19-29/h5-21,23,30-31,34-36H,22,24-25H2,1-4H3/b21-20+,26-23+. The molecule has 1 fully saturated rings. The van der Waals surface area contributed by atoms with Crippen LogP contribution in [-0.4, -0.2) is 27.6 Å². The number of benzene rings is 3. The van der Waals surface area contributed by atoms with Crippen LogP contribution in [0.5, 0.6) is 0 Å². The Bertz CT molecular complexity index is 1080. The summed E-state index contributed by atoms with van der Waals surface area (Å²) < 4.78 is 0. The van der Waals surface area contributed by atoms with Gasteiger partial charge in [0.15, 0.2) is 0 Å². The van der Waals surface area contributed by atoms with Crippen molar-refractivity contribution in [1.29, 1.82) is 0 Å². The normalized spacial score (nSPS) is 23.8. The first kappa shape index (κ1) is 26.6. The fourth-order valence-electron chi connectivity index (χ4n) is 6.02. The van der Waals surface area contributed by atoms with Gasteiger partial charge in [-0.15, -0.1) is 0 Å². The van der Waals surface area contributed by atoms with E-state index in [0.29, 0.717) is 6.42 Å². The van der Waals surface area contributed by atoms with Crippen LogP contribution in [0.4, 0.5) is 0 Å². The third-order valence-electron chi connectivity index (χ3n) is 8.12. The monoisotopic (exact) mass is 500 g/mol. The van der Waals surface area contributed by atoms with Crippen LogP contribution >= 0.6 is 7.26 Å². The number of hydrogen-bond acceptors (Lipinski definition) is 2. The van der Waals surface area contributed by atoms with E-state index in [4.69, 9.17) is 0 Å². The van der Waals surface area contributed by atoms with Crippen molar-refractivity contribution in [3.05, 3.63) is 115 Å². The minimum atomic E-state index is -2.32. The van der Waals surface area contributed by atoms with Gasteiger partial charge in [-0.25, -0.2) is 0 Å². The Morgan fingerprint density at radius 1 is 0.889 bits per heavy atom. The molecule has 3 atom stereocenters. The van der Waals surface area contributed by atoms with Crippen LogP contribution in [0.1, 0.15) is 40.5 Å². The quantitative estimate of drug-likeness (QED) is 0.305. The van der Waals surface area contributed by atoms with Gasteiger partial charge in [-0.1, -0.05) is 0 Å². The molecule has 1 aliphatic carbocycles. The molecular weight excluding hydrogens is 459 g/mol. The van der Waals surface area contributed by atoms with Crippen LogP contribution in [0.25, 0.3) is 0 Å². The zero-order valence-electron chi connectivity index (χ0n) is 22.1. The summed E-state index contributed by atoms with van der Waals surface area (Å²) in [6.45, 7) is 7.79. The van der Waals surface area contributed by atoms with E-state index in [1.165, 1.54) is 21.5 Å². The van der Waals surface area contributed by atoms with Gasteiger partial charge < -0.3 is 0 Å². The van der Waals surface area contributed by atoms with Gasteiger partial charge in [-0.3, -0.25) is 0 Å². The SMILES string of the molecule is CC(/C=C/C1C(C(C)(C)O)CCC1(C)O)=C\C[PH](c1ccccc1)(c1ccccc1)c1ccccc1. The molecule has 1 aliphatic rings. The second kappa shape index (κ2) is 10.9. The van der Waals surface area contributed by atoms with E-state index >= 15 is 0 Å². The maximum atomic E-state index is 11.0. The van der Waals surface area contributed by atoms with Gasteiger partial charge in [0.1, 0.15) is 0 Å². The van der Waals surface area contributed by atoms with Crippen molar-refractivity contribution < 1.29 is 10.2 Å².